The minimum absolute atomic E-state index is 0.183. The standard InChI is InChI=1S/C15H23N3O4S/c1-11-14(12(2)18(3)16-11)7-8-15(19)17-23(20,21)10-13-6-4-5-9-22-13/h7-8,13H,4-6,9-10H2,1-3H3,(H,17,19). The predicted molar refractivity (Wildman–Crippen MR) is 87.2 cm³/mol. The fraction of sp³-hybridized carbons (Fsp3) is 0.600. The summed E-state index contributed by atoms with van der Waals surface area (Å²) in [5.41, 5.74) is 2.51. The van der Waals surface area contributed by atoms with Gasteiger partial charge in [-0.2, -0.15) is 5.10 Å². The Balaban J connectivity index is 1.96. The van der Waals surface area contributed by atoms with Crippen LogP contribution in [0, 0.1) is 13.8 Å². The van der Waals surface area contributed by atoms with E-state index in [2.05, 4.69) is 9.82 Å². The van der Waals surface area contributed by atoms with Crippen molar-refractivity contribution in [2.24, 2.45) is 7.05 Å². The molecule has 1 unspecified atom stereocenters. The lowest BCUT2D eigenvalue weighted by Crippen LogP contribution is -2.37. The Kier molecular flexibility index (Phi) is 5.59. The van der Waals surface area contributed by atoms with Crippen LogP contribution in [0.2, 0.25) is 0 Å². The highest BCUT2D eigenvalue weighted by molar-refractivity contribution is 7.90. The monoisotopic (exact) mass is 341 g/mol. The van der Waals surface area contributed by atoms with E-state index in [1.807, 2.05) is 20.9 Å². The van der Waals surface area contributed by atoms with E-state index in [1.165, 1.54) is 6.08 Å². The maximum absolute atomic E-state index is 12.0. The molecule has 2 rings (SSSR count). The lowest BCUT2D eigenvalue weighted by Gasteiger charge is -2.22. The highest BCUT2D eigenvalue weighted by Gasteiger charge is 2.23. The van der Waals surface area contributed by atoms with Gasteiger partial charge in [0.1, 0.15) is 0 Å². The predicted octanol–water partition coefficient (Wildman–Crippen LogP) is 1.07. The highest BCUT2D eigenvalue weighted by Crippen LogP contribution is 2.15. The van der Waals surface area contributed by atoms with E-state index >= 15 is 0 Å². The smallest absolute Gasteiger partial charge is 0.257 e. The second-order valence-electron chi connectivity index (χ2n) is 5.78. The summed E-state index contributed by atoms with van der Waals surface area (Å²) in [7, 11) is -1.88. The van der Waals surface area contributed by atoms with Gasteiger partial charge in [0, 0.05) is 31.0 Å². The third-order valence-corrected chi connectivity index (χ3v) is 5.22. The minimum atomic E-state index is -3.70. The van der Waals surface area contributed by atoms with E-state index < -0.39 is 15.9 Å². The first-order valence-electron chi connectivity index (χ1n) is 7.63. The van der Waals surface area contributed by atoms with Crippen molar-refractivity contribution >= 4 is 22.0 Å². The molecule has 1 fully saturated rings. The highest BCUT2D eigenvalue weighted by atomic mass is 32.2. The molecule has 0 saturated carbocycles. The summed E-state index contributed by atoms with van der Waals surface area (Å²) in [5.74, 6) is -0.846. The van der Waals surface area contributed by atoms with Crippen LogP contribution < -0.4 is 4.72 Å². The maximum Gasteiger partial charge on any atom is 0.257 e. The first-order valence-corrected chi connectivity index (χ1v) is 9.28. The number of aromatic nitrogens is 2. The van der Waals surface area contributed by atoms with Gasteiger partial charge in [0.05, 0.1) is 17.6 Å². The molecule has 128 valence electrons. The van der Waals surface area contributed by atoms with E-state index in [4.69, 9.17) is 4.74 Å². The Bertz CT molecular complexity index is 701. The minimum Gasteiger partial charge on any atom is -0.377 e. The molecule has 0 spiro atoms. The Morgan fingerprint density at radius 2 is 2.17 bits per heavy atom. The van der Waals surface area contributed by atoms with Crippen molar-refractivity contribution in [3.63, 3.8) is 0 Å². The van der Waals surface area contributed by atoms with Crippen LogP contribution in [0.25, 0.3) is 6.08 Å². The Hall–Kier alpha value is -1.67. The molecule has 2 heterocycles. The Labute approximate surface area is 136 Å². The molecular formula is C15H23N3O4S. The van der Waals surface area contributed by atoms with Crippen molar-refractivity contribution in [2.45, 2.75) is 39.2 Å². The summed E-state index contributed by atoms with van der Waals surface area (Å²) in [4.78, 5) is 11.9. The molecule has 1 aromatic rings. The van der Waals surface area contributed by atoms with Crippen molar-refractivity contribution in [1.29, 1.82) is 0 Å². The van der Waals surface area contributed by atoms with Gasteiger partial charge in [-0.3, -0.25) is 9.48 Å². The van der Waals surface area contributed by atoms with Crippen molar-refractivity contribution in [3.8, 4) is 0 Å². The average molecular weight is 341 g/mol. The number of sulfonamides is 1. The number of hydrogen-bond donors (Lipinski definition) is 1. The largest absolute Gasteiger partial charge is 0.377 e. The molecule has 0 aromatic carbocycles. The van der Waals surface area contributed by atoms with Gasteiger partial charge in [-0.05, 0) is 39.2 Å². The number of amides is 1. The quantitative estimate of drug-likeness (QED) is 0.809. The number of carbonyl (C=O) groups excluding carboxylic acids is 1. The van der Waals surface area contributed by atoms with E-state index in [1.54, 1.807) is 10.8 Å². The van der Waals surface area contributed by atoms with Crippen LogP contribution in [0.1, 0.15) is 36.2 Å². The molecule has 8 heteroatoms. The first kappa shape index (κ1) is 17.7. The topological polar surface area (TPSA) is 90.3 Å². The van der Waals surface area contributed by atoms with Crippen molar-refractivity contribution < 1.29 is 17.9 Å². The fourth-order valence-corrected chi connectivity index (χ4v) is 3.81. The molecule has 1 aliphatic rings. The molecule has 1 aliphatic heterocycles. The van der Waals surface area contributed by atoms with Gasteiger partial charge in [0.2, 0.25) is 10.0 Å². The molecule has 0 bridgehead atoms. The summed E-state index contributed by atoms with van der Waals surface area (Å²) >= 11 is 0. The molecule has 1 saturated heterocycles. The van der Waals surface area contributed by atoms with Crippen molar-refractivity contribution in [3.05, 3.63) is 23.0 Å². The summed E-state index contributed by atoms with van der Waals surface area (Å²) in [6.07, 6.45) is 5.08. The van der Waals surface area contributed by atoms with Crippen LogP contribution in [0.5, 0.6) is 0 Å². The number of nitrogens with zero attached hydrogens (tertiary/aromatic N) is 2. The van der Waals surface area contributed by atoms with E-state index in [0.29, 0.717) is 13.0 Å². The zero-order chi connectivity index (χ0) is 17.0. The molecular weight excluding hydrogens is 318 g/mol. The SMILES string of the molecule is Cc1nn(C)c(C)c1C=CC(=O)NS(=O)(=O)CC1CCCCO1. The zero-order valence-corrected chi connectivity index (χ0v) is 14.5. The van der Waals surface area contributed by atoms with Crippen LogP contribution in [0.3, 0.4) is 0 Å². The second kappa shape index (κ2) is 7.27. The zero-order valence-electron chi connectivity index (χ0n) is 13.7. The van der Waals surface area contributed by atoms with E-state index in [9.17, 15) is 13.2 Å². The number of hydrogen-bond acceptors (Lipinski definition) is 5. The number of nitrogens with one attached hydrogen (secondary N) is 1. The molecule has 0 aliphatic carbocycles. The molecule has 1 aromatic heterocycles. The number of ether oxygens (including phenoxy) is 1. The molecule has 1 N–H and O–H groups in total. The first-order chi connectivity index (χ1) is 10.8. The Morgan fingerprint density at radius 3 is 2.74 bits per heavy atom. The fourth-order valence-electron chi connectivity index (χ4n) is 2.60. The number of carbonyl (C=O) groups is 1. The van der Waals surface area contributed by atoms with Gasteiger partial charge < -0.3 is 4.74 Å². The third-order valence-electron chi connectivity index (χ3n) is 3.90. The van der Waals surface area contributed by atoms with Crippen LogP contribution in [-0.4, -0.2) is 42.6 Å². The van der Waals surface area contributed by atoms with Crippen molar-refractivity contribution in [1.82, 2.24) is 14.5 Å². The normalized spacial score (nSPS) is 19.2. The van der Waals surface area contributed by atoms with Crippen LogP contribution >= 0.6 is 0 Å². The summed E-state index contributed by atoms with van der Waals surface area (Å²) in [5, 5.41) is 4.24. The molecule has 0 radical (unpaired) electrons. The average Bonchev–Trinajstić information content (AvgIpc) is 2.70. The summed E-state index contributed by atoms with van der Waals surface area (Å²) in [6, 6.07) is 0. The van der Waals surface area contributed by atoms with Crippen LogP contribution in [-0.2, 0) is 26.6 Å². The van der Waals surface area contributed by atoms with Gasteiger partial charge in [-0.1, -0.05) is 0 Å². The van der Waals surface area contributed by atoms with Crippen LogP contribution in [0.15, 0.2) is 6.08 Å². The third kappa shape index (κ3) is 4.90. The second-order valence-corrected chi connectivity index (χ2v) is 7.54. The van der Waals surface area contributed by atoms with E-state index in [-0.39, 0.29) is 11.9 Å². The van der Waals surface area contributed by atoms with Crippen molar-refractivity contribution in [2.75, 3.05) is 12.4 Å². The van der Waals surface area contributed by atoms with Gasteiger partial charge in [0.25, 0.3) is 5.91 Å². The van der Waals surface area contributed by atoms with Crippen LogP contribution in [0.4, 0.5) is 0 Å². The maximum atomic E-state index is 12.0. The molecule has 1 atom stereocenters. The lowest BCUT2D eigenvalue weighted by molar-refractivity contribution is -0.114. The van der Waals surface area contributed by atoms with Gasteiger partial charge in [-0.25, -0.2) is 13.1 Å². The number of rotatable bonds is 5. The lowest BCUT2D eigenvalue weighted by atomic mass is 10.1. The van der Waals surface area contributed by atoms with Gasteiger partial charge in [-0.15, -0.1) is 0 Å². The van der Waals surface area contributed by atoms with E-state index in [0.717, 1.165) is 29.8 Å². The van der Waals surface area contributed by atoms with Gasteiger partial charge in [0.15, 0.2) is 0 Å². The number of aryl methyl sites for hydroxylation is 2. The summed E-state index contributed by atoms with van der Waals surface area (Å²) < 4.78 is 33.2. The Morgan fingerprint density at radius 1 is 1.43 bits per heavy atom. The van der Waals surface area contributed by atoms with Gasteiger partial charge >= 0.3 is 0 Å². The molecule has 23 heavy (non-hydrogen) atoms. The summed E-state index contributed by atoms with van der Waals surface area (Å²) in [6.45, 7) is 4.30. The molecule has 1 amide bonds. The molecule has 7 nitrogen and oxygen atoms in total.